The Bertz CT molecular complexity index is 746. The van der Waals surface area contributed by atoms with Gasteiger partial charge >= 0.3 is 6.03 Å². The second kappa shape index (κ2) is 10.5. The molecule has 3 amide bonds. The van der Waals surface area contributed by atoms with Crippen molar-refractivity contribution in [2.45, 2.75) is 31.1 Å². The molecule has 2 aromatic carbocycles. The van der Waals surface area contributed by atoms with Gasteiger partial charge in [-0.05, 0) is 48.6 Å². The summed E-state index contributed by atoms with van der Waals surface area (Å²) in [6.07, 6.45) is 3.63. The number of rotatable bonds is 7. The zero-order chi connectivity index (χ0) is 18.9. The summed E-state index contributed by atoms with van der Waals surface area (Å²) < 4.78 is 0. The number of thioether (sulfide) groups is 1. The molecule has 0 radical (unpaired) electrons. The molecular formula is C19H20Cl2N2O2S. The molecule has 7 heteroatoms. The third-order valence-electron chi connectivity index (χ3n) is 3.55. The van der Waals surface area contributed by atoms with E-state index >= 15 is 0 Å². The van der Waals surface area contributed by atoms with Crippen LogP contribution < -0.4 is 10.6 Å². The second-order valence-electron chi connectivity index (χ2n) is 5.58. The maximum absolute atomic E-state index is 12.2. The predicted molar refractivity (Wildman–Crippen MR) is 110 cm³/mol. The standard InChI is InChI=1S/C19H20Cl2N2O2S/c1-2-3-4-12-26-14-10-8-13(9-11-14)22-19(25)23-18(24)17-15(20)6-5-7-16(17)21/h5-11H,2-4,12H2,1H3,(H2,22,23,24,25). The highest BCUT2D eigenvalue weighted by Gasteiger charge is 2.17. The number of unbranched alkanes of at least 4 members (excludes halogenated alkanes) is 2. The van der Waals surface area contributed by atoms with Crippen molar-refractivity contribution < 1.29 is 9.59 Å². The Balaban J connectivity index is 1.88. The van der Waals surface area contributed by atoms with Gasteiger partial charge in [-0.15, -0.1) is 11.8 Å². The average Bonchev–Trinajstić information content (AvgIpc) is 2.60. The first kappa shape index (κ1) is 20.6. The van der Waals surface area contributed by atoms with E-state index in [1.54, 1.807) is 30.0 Å². The lowest BCUT2D eigenvalue weighted by Gasteiger charge is -2.09. The van der Waals surface area contributed by atoms with Crippen LogP contribution in [0.4, 0.5) is 10.5 Å². The Hall–Kier alpha value is -1.69. The molecule has 26 heavy (non-hydrogen) atoms. The minimum atomic E-state index is -0.652. The van der Waals surface area contributed by atoms with Crippen molar-refractivity contribution in [1.29, 1.82) is 0 Å². The molecule has 0 atom stereocenters. The molecule has 2 rings (SSSR count). The van der Waals surface area contributed by atoms with Crippen LogP contribution in [0.3, 0.4) is 0 Å². The first-order valence-electron chi connectivity index (χ1n) is 8.30. The Kier molecular flexibility index (Phi) is 8.29. The van der Waals surface area contributed by atoms with Gasteiger partial charge in [0.15, 0.2) is 0 Å². The topological polar surface area (TPSA) is 58.2 Å². The highest BCUT2D eigenvalue weighted by Crippen LogP contribution is 2.24. The molecule has 0 bridgehead atoms. The summed E-state index contributed by atoms with van der Waals surface area (Å²) in [6, 6.07) is 11.5. The number of carbonyl (C=O) groups excluding carboxylic acids is 2. The molecule has 0 aliphatic carbocycles. The van der Waals surface area contributed by atoms with E-state index in [4.69, 9.17) is 23.2 Å². The van der Waals surface area contributed by atoms with E-state index in [0.717, 1.165) is 10.6 Å². The van der Waals surface area contributed by atoms with Crippen LogP contribution in [-0.2, 0) is 0 Å². The van der Waals surface area contributed by atoms with Crippen LogP contribution in [0.15, 0.2) is 47.4 Å². The van der Waals surface area contributed by atoms with Gasteiger partial charge in [-0.25, -0.2) is 4.79 Å². The Morgan fingerprint density at radius 1 is 1.00 bits per heavy atom. The molecule has 0 unspecified atom stereocenters. The lowest BCUT2D eigenvalue weighted by Crippen LogP contribution is -2.34. The summed E-state index contributed by atoms with van der Waals surface area (Å²) in [7, 11) is 0. The third-order valence-corrected chi connectivity index (χ3v) is 5.27. The molecule has 0 saturated heterocycles. The molecule has 0 saturated carbocycles. The van der Waals surface area contributed by atoms with Crippen molar-refractivity contribution in [1.82, 2.24) is 5.32 Å². The monoisotopic (exact) mass is 410 g/mol. The molecule has 0 fully saturated rings. The van der Waals surface area contributed by atoms with Crippen LogP contribution >= 0.6 is 35.0 Å². The fourth-order valence-corrected chi connectivity index (χ4v) is 3.70. The number of anilines is 1. The molecule has 0 aliphatic rings. The summed E-state index contributed by atoms with van der Waals surface area (Å²) in [5.41, 5.74) is 0.670. The largest absolute Gasteiger partial charge is 0.326 e. The first-order valence-corrected chi connectivity index (χ1v) is 10.0. The van der Waals surface area contributed by atoms with Crippen LogP contribution in [0.2, 0.25) is 10.0 Å². The minimum absolute atomic E-state index is 0.0739. The van der Waals surface area contributed by atoms with Gasteiger partial charge in [0.2, 0.25) is 0 Å². The number of amides is 3. The molecule has 4 nitrogen and oxygen atoms in total. The molecular weight excluding hydrogens is 391 g/mol. The number of urea groups is 1. The Labute approximate surface area is 167 Å². The number of halogens is 2. The summed E-state index contributed by atoms with van der Waals surface area (Å²) in [5.74, 6) is 0.426. The van der Waals surface area contributed by atoms with Gasteiger partial charge in [0.05, 0.1) is 15.6 Å². The van der Waals surface area contributed by atoms with Crippen LogP contribution in [0.1, 0.15) is 36.5 Å². The van der Waals surface area contributed by atoms with E-state index in [0.29, 0.717) is 5.69 Å². The summed E-state index contributed by atoms with van der Waals surface area (Å²) in [5, 5.41) is 5.22. The number of carbonyl (C=O) groups is 2. The van der Waals surface area contributed by atoms with Crippen LogP contribution in [0, 0.1) is 0 Å². The van der Waals surface area contributed by atoms with Crippen molar-refractivity contribution in [2.75, 3.05) is 11.1 Å². The highest BCUT2D eigenvalue weighted by atomic mass is 35.5. The molecule has 138 valence electrons. The summed E-state index contributed by atoms with van der Waals surface area (Å²) in [4.78, 5) is 25.3. The van der Waals surface area contributed by atoms with E-state index in [9.17, 15) is 9.59 Å². The van der Waals surface area contributed by atoms with E-state index in [1.807, 2.05) is 12.1 Å². The number of benzene rings is 2. The third kappa shape index (κ3) is 6.24. The van der Waals surface area contributed by atoms with Crippen molar-refractivity contribution in [2.24, 2.45) is 0 Å². The van der Waals surface area contributed by atoms with E-state index in [2.05, 4.69) is 17.6 Å². The number of hydrogen-bond acceptors (Lipinski definition) is 3. The van der Waals surface area contributed by atoms with Crippen LogP contribution in [-0.4, -0.2) is 17.7 Å². The smallest absolute Gasteiger partial charge is 0.308 e. The molecule has 0 spiro atoms. The van der Waals surface area contributed by atoms with Gasteiger partial charge in [-0.3, -0.25) is 10.1 Å². The van der Waals surface area contributed by atoms with Gasteiger partial charge in [-0.1, -0.05) is 49.0 Å². The normalized spacial score (nSPS) is 10.4. The van der Waals surface area contributed by atoms with Crippen LogP contribution in [0.25, 0.3) is 0 Å². The molecule has 2 aromatic rings. The summed E-state index contributed by atoms with van der Waals surface area (Å²) in [6.45, 7) is 2.18. The van der Waals surface area contributed by atoms with Gasteiger partial charge in [-0.2, -0.15) is 0 Å². The zero-order valence-electron chi connectivity index (χ0n) is 14.4. The van der Waals surface area contributed by atoms with E-state index in [-0.39, 0.29) is 15.6 Å². The van der Waals surface area contributed by atoms with Gasteiger partial charge in [0.1, 0.15) is 0 Å². The number of nitrogens with one attached hydrogen (secondary N) is 2. The maximum atomic E-state index is 12.2. The Morgan fingerprint density at radius 2 is 1.65 bits per heavy atom. The van der Waals surface area contributed by atoms with E-state index in [1.165, 1.54) is 31.4 Å². The molecule has 0 heterocycles. The summed E-state index contributed by atoms with van der Waals surface area (Å²) >= 11 is 13.7. The minimum Gasteiger partial charge on any atom is -0.308 e. The molecule has 2 N–H and O–H groups in total. The fraction of sp³-hybridized carbons (Fsp3) is 0.263. The van der Waals surface area contributed by atoms with Crippen molar-refractivity contribution >= 4 is 52.6 Å². The van der Waals surface area contributed by atoms with Crippen molar-refractivity contribution in [3.05, 3.63) is 58.1 Å². The van der Waals surface area contributed by atoms with Gasteiger partial charge < -0.3 is 5.32 Å². The second-order valence-corrected chi connectivity index (χ2v) is 7.57. The predicted octanol–water partition coefficient (Wildman–Crippen LogP) is 6.24. The quantitative estimate of drug-likeness (QED) is 0.419. The molecule has 0 aliphatic heterocycles. The van der Waals surface area contributed by atoms with Gasteiger partial charge in [0, 0.05) is 10.6 Å². The Morgan fingerprint density at radius 3 is 2.27 bits per heavy atom. The first-order chi connectivity index (χ1) is 12.5. The number of hydrogen-bond donors (Lipinski definition) is 2. The molecule has 0 aromatic heterocycles. The highest BCUT2D eigenvalue weighted by molar-refractivity contribution is 7.99. The fourth-order valence-electron chi connectivity index (χ4n) is 2.22. The zero-order valence-corrected chi connectivity index (χ0v) is 16.7. The van der Waals surface area contributed by atoms with Crippen molar-refractivity contribution in [3.8, 4) is 0 Å². The number of imide groups is 1. The maximum Gasteiger partial charge on any atom is 0.326 e. The van der Waals surface area contributed by atoms with E-state index < -0.39 is 11.9 Å². The van der Waals surface area contributed by atoms with Crippen molar-refractivity contribution in [3.63, 3.8) is 0 Å². The lowest BCUT2D eigenvalue weighted by molar-refractivity contribution is 0.0967. The van der Waals surface area contributed by atoms with Crippen LogP contribution in [0.5, 0.6) is 0 Å². The average molecular weight is 411 g/mol. The lowest BCUT2D eigenvalue weighted by atomic mass is 10.2. The van der Waals surface area contributed by atoms with Gasteiger partial charge in [0.25, 0.3) is 5.91 Å². The SMILES string of the molecule is CCCCCSc1ccc(NC(=O)NC(=O)c2c(Cl)cccc2Cl)cc1.